The third kappa shape index (κ3) is 3.22. The first-order valence-electron chi connectivity index (χ1n) is 5.50. The van der Waals surface area contributed by atoms with E-state index < -0.39 is 23.2 Å². The van der Waals surface area contributed by atoms with Crippen LogP contribution >= 0.6 is 27.5 Å². The molecular formula is C14H7BrClF3O. The zero-order valence-corrected chi connectivity index (χ0v) is 12.2. The van der Waals surface area contributed by atoms with Gasteiger partial charge in [-0.3, -0.25) is 4.79 Å². The lowest BCUT2D eigenvalue weighted by atomic mass is 10.0. The van der Waals surface area contributed by atoms with E-state index in [0.29, 0.717) is 10.0 Å². The van der Waals surface area contributed by atoms with Crippen molar-refractivity contribution >= 4 is 33.3 Å². The van der Waals surface area contributed by atoms with Gasteiger partial charge in [-0.05, 0) is 29.8 Å². The summed E-state index contributed by atoms with van der Waals surface area (Å²) in [5.74, 6) is -2.84. The van der Waals surface area contributed by atoms with Gasteiger partial charge < -0.3 is 0 Å². The van der Waals surface area contributed by atoms with Crippen LogP contribution in [0.2, 0.25) is 5.02 Å². The standard InChI is InChI=1S/C14H7BrClF3O/c15-10-4-8(17)2-1-7(10)3-14(20)9-5-13(19)11(16)6-12(9)18/h1-2,4-6H,3H2. The molecule has 0 saturated heterocycles. The molecule has 104 valence electrons. The van der Waals surface area contributed by atoms with Crippen molar-refractivity contribution in [2.75, 3.05) is 0 Å². The van der Waals surface area contributed by atoms with Crippen LogP contribution in [0.5, 0.6) is 0 Å². The molecular weight excluding hydrogens is 357 g/mol. The fraction of sp³-hybridized carbons (Fsp3) is 0.0714. The van der Waals surface area contributed by atoms with Gasteiger partial charge in [0.2, 0.25) is 0 Å². The Balaban J connectivity index is 2.31. The van der Waals surface area contributed by atoms with Crippen molar-refractivity contribution in [3.05, 3.63) is 68.4 Å². The maximum atomic E-state index is 13.6. The summed E-state index contributed by atoms with van der Waals surface area (Å²) < 4.78 is 40.2. The lowest BCUT2D eigenvalue weighted by Gasteiger charge is -2.06. The molecule has 2 aromatic carbocycles. The summed E-state index contributed by atoms with van der Waals surface area (Å²) in [5.41, 5.74) is 0.0919. The van der Waals surface area contributed by atoms with Crippen LogP contribution in [0.1, 0.15) is 15.9 Å². The molecule has 2 rings (SSSR count). The zero-order valence-electron chi connectivity index (χ0n) is 9.89. The van der Waals surface area contributed by atoms with Crippen LogP contribution in [0, 0.1) is 17.5 Å². The quantitative estimate of drug-likeness (QED) is 0.557. The summed E-state index contributed by atoms with van der Waals surface area (Å²) in [5, 5.41) is -0.387. The minimum Gasteiger partial charge on any atom is -0.294 e. The molecule has 1 nitrogen and oxygen atoms in total. The number of ketones is 1. The van der Waals surface area contributed by atoms with Crippen molar-refractivity contribution < 1.29 is 18.0 Å². The molecule has 20 heavy (non-hydrogen) atoms. The highest BCUT2D eigenvalue weighted by Gasteiger charge is 2.17. The third-order valence-corrected chi connectivity index (χ3v) is 3.70. The summed E-state index contributed by atoms with van der Waals surface area (Å²) in [4.78, 5) is 12.0. The van der Waals surface area contributed by atoms with E-state index in [0.717, 1.165) is 12.1 Å². The molecule has 0 unspecified atom stereocenters. The van der Waals surface area contributed by atoms with Gasteiger partial charge in [-0.25, -0.2) is 13.2 Å². The number of Topliss-reactive ketones (excluding diaryl/α,β-unsaturated/α-hetero) is 1. The van der Waals surface area contributed by atoms with E-state index >= 15 is 0 Å². The maximum Gasteiger partial charge on any atom is 0.170 e. The topological polar surface area (TPSA) is 17.1 Å². The first-order chi connectivity index (χ1) is 9.38. The Morgan fingerprint density at radius 2 is 1.80 bits per heavy atom. The predicted octanol–water partition coefficient (Wildman–Crippen LogP) is 4.95. The van der Waals surface area contributed by atoms with E-state index in [1.54, 1.807) is 0 Å². The molecule has 2 aromatic rings. The fourth-order valence-corrected chi connectivity index (χ4v) is 2.31. The molecule has 0 aliphatic rings. The van der Waals surface area contributed by atoms with Gasteiger partial charge in [0, 0.05) is 10.9 Å². The van der Waals surface area contributed by atoms with Crippen LogP contribution in [-0.4, -0.2) is 5.78 Å². The lowest BCUT2D eigenvalue weighted by molar-refractivity contribution is 0.0988. The highest BCUT2D eigenvalue weighted by Crippen LogP contribution is 2.23. The van der Waals surface area contributed by atoms with Crippen molar-refractivity contribution in [1.82, 2.24) is 0 Å². The average Bonchev–Trinajstić information content (AvgIpc) is 2.37. The van der Waals surface area contributed by atoms with Crippen molar-refractivity contribution in [2.45, 2.75) is 6.42 Å². The SMILES string of the molecule is O=C(Cc1ccc(F)cc1Br)c1cc(F)c(Cl)cc1F. The van der Waals surface area contributed by atoms with Gasteiger partial charge in [-0.2, -0.15) is 0 Å². The van der Waals surface area contributed by atoms with Gasteiger partial charge in [0.25, 0.3) is 0 Å². The molecule has 0 atom stereocenters. The Bertz CT molecular complexity index is 688. The highest BCUT2D eigenvalue weighted by molar-refractivity contribution is 9.10. The van der Waals surface area contributed by atoms with E-state index in [9.17, 15) is 18.0 Å². The molecule has 6 heteroatoms. The molecule has 0 spiro atoms. The van der Waals surface area contributed by atoms with Gasteiger partial charge in [-0.15, -0.1) is 0 Å². The second-order valence-corrected chi connectivity index (χ2v) is 5.34. The number of hydrogen-bond donors (Lipinski definition) is 0. The summed E-state index contributed by atoms with van der Waals surface area (Å²) in [6.45, 7) is 0. The number of carbonyl (C=O) groups excluding carboxylic acids is 1. The van der Waals surface area contributed by atoms with Crippen molar-refractivity contribution in [3.8, 4) is 0 Å². The van der Waals surface area contributed by atoms with Crippen LogP contribution in [0.15, 0.2) is 34.8 Å². The Labute approximate surface area is 126 Å². The molecule has 0 amide bonds. The molecule has 0 N–H and O–H groups in total. The number of hydrogen-bond acceptors (Lipinski definition) is 1. The normalized spacial score (nSPS) is 10.7. The maximum absolute atomic E-state index is 13.6. The molecule has 0 aromatic heterocycles. The Morgan fingerprint density at radius 1 is 1.10 bits per heavy atom. The second-order valence-electron chi connectivity index (χ2n) is 4.08. The van der Waals surface area contributed by atoms with Crippen LogP contribution in [-0.2, 0) is 6.42 Å². The van der Waals surface area contributed by atoms with Gasteiger partial charge in [0.05, 0.1) is 10.6 Å². The highest BCUT2D eigenvalue weighted by atomic mass is 79.9. The molecule has 0 bridgehead atoms. The van der Waals surface area contributed by atoms with Crippen LogP contribution < -0.4 is 0 Å². The van der Waals surface area contributed by atoms with Crippen molar-refractivity contribution in [2.24, 2.45) is 0 Å². The van der Waals surface area contributed by atoms with Crippen LogP contribution in [0.3, 0.4) is 0 Å². The van der Waals surface area contributed by atoms with E-state index in [4.69, 9.17) is 11.6 Å². The second kappa shape index (κ2) is 5.97. The van der Waals surface area contributed by atoms with Gasteiger partial charge >= 0.3 is 0 Å². The number of benzene rings is 2. The van der Waals surface area contributed by atoms with Crippen molar-refractivity contribution in [1.29, 1.82) is 0 Å². The summed E-state index contributed by atoms with van der Waals surface area (Å²) >= 11 is 8.53. The minimum atomic E-state index is -0.889. The molecule has 0 aliphatic heterocycles. The number of halogens is 5. The molecule has 0 saturated carbocycles. The minimum absolute atomic E-state index is 0.182. The Kier molecular flexibility index (Phi) is 4.50. The van der Waals surface area contributed by atoms with Crippen LogP contribution in [0.4, 0.5) is 13.2 Å². The number of carbonyl (C=O) groups is 1. The molecule has 0 aliphatic carbocycles. The molecule has 0 heterocycles. The average molecular weight is 364 g/mol. The van der Waals surface area contributed by atoms with E-state index in [1.807, 2.05) is 0 Å². The van der Waals surface area contributed by atoms with E-state index in [2.05, 4.69) is 15.9 Å². The smallest absolute Gasteiger partial charge is 0.170 e. The predicted molar refractivity (Wildman–Crippen MR) is 73.5 cm³/mol. The van der Waals surface area contributed by atoms with Gasteiger partial charge in [0.1, 0.15) is 17.5 Å². The fourth-order valence-electron chi connectivity index (χ4n) is 1.67. The summed E-state index contributed by atoms with van der Waals surface area (Å²) in [6.07, 6.45) is -0.182. The largest absolute Gasteiger partial charge is 0.294 e. The summed E-state index contributed by atoms with van der Waals surface area (Å²) in [7, 11) is 0. The van der Waals surface area contributed by atoms with Crippen LogP contribution in [0.25, 0.3) is 0 Å². The molecule has 0 fully saturated rings. The van der Waals surface area contributed by atoms with E-state index in [-0.39, 0.29) is 17.0 Å². The van der Waals surface area contributed by atoms with Gasteiger partial charge in [0.15, 0.2) is 5.78 Å². The van der Waals surface area contributed by atoms with E-state index in [1.165, 1.54) is 18.2 Å². The monoisotopic (exact) mass is 362 g/mol. The molecule has 0 radical (unpaired) electrons. The third-order valence-electron chi connectivity index (χ3n) is 2.68. The number of rotatable bonds is 3. The van der Waals surface area contributed by atoms with Crippen molar-refractivity contribution in [3.63, 3.8) is 0 Å². The first kappa shape index (κ1) is 15.1. The zero-order chi connectivity index (χ0) is 14.9. The lowest BCUT2D eigenvalue weighted by Crippen LogP contribution is -2.07. The Morgan fingerprint density at radius 3 is 2.45 bits per heavy atom. The Hall–Kier alpha value is -1.33. The summed E-state index contributed by atoms with van der Waals surface area (Å²) in [6, 6.07) is 5.30. The van der Waals surface area contributed by atoms with Gasteiger partial charge in [-0.1, -0.05) is 33.6 Å². The first-order valence-corrected chi connectivity index (χ1v) is 6.67.